The number of hydrogen-bond acceptors (Lipinski definition) is 1. The molecule has 0 heterocycles. The number of alkyl halides is 3. The molecule has 0 saturated heterocycles. The van der Waals surface area contributed by atoms with Gasteiger partial charge in [-0.05, 0) is 31.0 Å². The van der Waals surface area contributed by atoms with Crippen molar-refractivity contribution in [3.05, 3.63) is 34.3 Å². The molecule has 1 aromatic rings. The summed E-state index contributed by atoms with van der Waals surface area (Å²) < 4.78 is 37.4. The van der Waals surface area contributed by atoms with Crippen LogP contribution in [0.3, 0.4) is 0 Å². The number of rotatable bonds is 1. The predicted molar refractivity (Wildman–Crippen MR) is 51.8 cm³/mol. The van der Waals surface area contributed by atoms with Crippen molar-refractivity contribution in [2.24, 2.45) is 0 Å². The third-order valence-corrected chi connectivity index (χ3v) is 2.70. The second kappa shape index (κ2) is 3.68. The zero-order valence-corrected chi connectivity index (χ0v) is 8.95. The van der Waals surface area contributed by atoms with Crippen LogP contribution in [0.15, 0.2) is 18.2 Å². The summed E-state index contributed by atoms with van der Waals surface area (Å²) in [6.07, 6.45) is -4.70. The maximum absolute atomic E-state index is 12.5. The molecular weight excluding hydrogens is 229 g/mol. The van der Waals surface area contributed by atoms with E-state index >= 15 is 0 Å². The smallest absolute Gasteiger partial charge is 0.376 e. The average molecular weight is 239 g/mol. The molecule has 5 heteroatoms. The molecular formula is C10H10ClF3O. The van der Waals surface area contributed by atoms with Gasteiger partial charge < -0.3 is 5.11 Å². The van der Waals surface area contributed by atoms with Crippen molar-refractivity contribution in [3.63, 3.8) is 0 Å². The van der Waals surface area contributed by atoms with Crippen molar-refractivity contribution < 1.29 is 18.3 Å². The fourth-order valence-electron chi connectivity index (χ4n) is 1.11. The molecule has 0 saturated carbocycles. The normalized spacial score (nSPS) is 16.2. The molecule has 0 bridgehead atoms. The lowest BCUT2D eigenvalue weighted by atomic mass is 9.94. The van der Waals surface area contributed by atoms with Crippen LogP contribution in [0.1, 0.15) is 18.1 Å². The third kappa shape index (κ3) is 2.26. The van der Waals surface area contributed by atoms with Crippen LogP contribution in [0.25, 0.3) is 0 Å². The summed E-state index contributed by atoms with van der Waals surface area (Å²) in [5, 5.41) is 9.74. The van der Waals surface area contributed by atoms with E-state index < -0.39 is 11.8 Å². The quantitative estimate of drug-likeness (QED) is 0.795. The molecule has 0 fully saturated rings. The minimum Gasteiger partial charge on any atom is -0.376 e. The van der Waals surface area contributed by atoms with Gasteiger partial charge in [0.25, 0.3) is 0 Å². The van der Waals surface area contributed by atoms with Gasteiger partial charge in [-0.1, -0.05) is 23.7 Å². The van der Waals surface area contributed by atoms with E-state index in [0.717, 1.165) is 6.92 Å². The van der Waals surface area contributed by atoms with Crippen molar-refractivity contribution in [1.82, 2.24) is 0 Å². The number of hydrogen-bond donors (Lipinski definition) is 1. The maximum Gasteiger partial charge on any atom is 0.421 e. The van der Waals surface area contributed by atoms with Gasteiger partial charge in [0, 0.05) is 5.02 Å². The van der Waals surface area contributed by atoms with E-state index in [1.165, 1.54) is 18.2 Å². The molecule has 0 aliphatic carbocycles. The molecule has 1 N–H and O–H groups in total. The van der Waals surface area contributed by atoms with Crippen LogP contribution in [0.2, 0.25) is 5.02 Å². The second-order valence-electron chi connectivity index (χ2n) is 3.53. The van der Waals surface area contributed by atoms with Gasteiger partial charge >= 0.3 is 6.18 Å². The molecule has 1 unspecified atom stereocenters. The first-order valence-corrected chi connectivity index (χ1v) is 4.60. The highest BCUT2D eigenvalue weighted by Gasteiger charge is 2.51. The van der Waals surface area contributed by atoms with E-state index in [0.29, 0.717) is 10.6 Å². The Hall–Kier alpha value is -0.740. The predicted octanol–water partition coefficient (Wildman–Crippen LogP) is 3.42. The summed E-state index contributed by atoms with van der Waals surface area (Å²) in [6, 6.07) is 3.74. The Balaban J connectivity index is 3.22. The highest BCUT2D eigenvalue weighted by Crippen LogP contribution is 2.39. The Labute approximate surface area is 90.5 Å². The van der Waals surface area contributed by atoms with Crippen molar-refractivity contribution >= 4 is 11.6 Å². The summed E-state index contributed by atoms with van der Waals surface area (Å²) in [6.45, 7) is 2.30. The van der Waals surface area contributed by atoms with Gasteiger partial charge in [-0.15, -0.1) is 0 Å². The molecule has 0 aromatic heterocycles. The van der Waals surface area contributed by atoms with Gasteiger partial charge in [0.05, 0.1) is 0 Å². The average Bonchev–Trinajstić information content (AvgIpc) is 2.07. The molecule has 1 aromatic carbocycles. The Morgan fingerprint density at radius 2 is 1.80 bits per heavy atom. The van der Waals surface area contributed by atoms with E-state index in [2.05, 4.69) is 0 Å². The summed E-state index contributed by atoms with van der Waals surface area (Å²) >= 11 is 5.68. The molecule has 0 aliphatic heterocycles. The van der Waals surface area contributed by atoms with Crippen LogP contribution >= 0.6 is 11.6 Å². The Kier molecular flexibility index (Phi) is 3.03. The summed E-state index contributed by atoms with van der Waals surface area (Å²) in [5.74, 6) is 0. The molecule has 1 atom stereocenters. The first-order chi connectivity index (χ1) is 6.66. The zero-order valence-electron chi connectivity index (χ0n) is 8.19. The molecule has 0 spiro atoms. The van der Waals surface area contributed by atoms with Gasteiger partial charge in [0.2, 0.25) is 0 Å². The number of aliphatic hydroxyl groups is 1. The Morgan fingerprint density at radius 1 is 1.27 bits per heavy atom. The minimum absolute atomic E-state index is 0.211. The summed E-state index contributed by atoms with van der Waals surface area (Å²) in [4.78, 5) is 0. The van der Waals surface area contributed by atoms with Gasteiger partial charge in [-0.2, -0.15) is 13.2 Å². The van der Waals surface area contributed by atoms with Gasteiger partial charge in [-0.3, -0.25) is 0 Å². The highest BCUT2D eigenvalue weighted by molar-refractivity contribution is 6.31. The van der Waals surface area contributed by atoms with Crippen molar-refractivity contribution in [2.45, 2.75) is 25.6 Å². The van der Waals surface area contributed by atoms with Crippen LogP contribution in [0, 0.1) is 6.92 Å². The van der Waals surface area contributed by atoms with Crippen molar-refractivity contribution in [2.75, 3.05) is 0 Å². The van der Waals surface area contributed by atoms with E-state index in [1.807, 2.05) is 0 Å². The monoisotopic (exact) mass is 238 g/mol. The van der Waals surface area contributed by atoms with E-state index in [4.69, 9.17) is 11.6 Å². The van der Waals surface area contributed by atoms with Crippen LogP contribution in [0.5, 0.6) is 0 Å². The van der Waals surface area contributed by atoms with E-state index in [9.17, 15) is 18.3 Å². The lowest BCUT2D eigenvalue weighted by molar-refractivity contribution is -0.258. The minimum atomic E-state index is -4.70. The second-order valence-corrected chi connectivity index (χ2v) is 3.94. The topological polar surface area (TPSA) is 20.2 Å². The van der Waals surface area contributed by atoms with Gasteiger partial charge in [-0.25, -0.2) is 0 Å². The Morgan fingerprint density at radius 3 is 2.20 bits per heavy atom. The molecule has 84 valence electrons. The lowest BCUT2D eigenvalue weighted by Crippen LogP contribution is -2.39. The van der Waals surface area contributed by atoms with E-state index in [1.54, 1.807) is 6.92 Å². The lowest BCUT2D eigenvalue weighted by Gasteiger charge is -2.27. The summed E-state index contributed by atoms with van der Waals surface area (Å²) in [5.41, 5.74) is -2.56. The first kappa shape index (κ1) is 12.3. The molecule has 0 amide bonds. The number of aryl methyl sites for hydroxylation is 1. The Bertz CT molecular complexity index is 371. The molecule has 1 nitrogen and oxygen atoms in total. The largest absolute Gasteiger partial charge is 0.421 e. The van der Waals surface area contributed by atoms with Crippen LogP contribution < -0.4 is 0 Å². The SMILES string of the molecule is Cc1cc(C(C)(O)C(F)(F)F)ccc1Cl. The number of benzene rings is 1. The van der Waals surface area contributed by atoms with Crippen molar-refractivity contribution in [1.29, 1.82) is 0 Å². The standard InChI is InChI=1S/C10H10ClF3O/c1-6-5-7(3-4-8(6)11)9(2,15)10(12,13)14/h3-5,15H,1-2H3. The molecule has 0 aliphatic rings. The first-order valence-electron chi connectivity index (χ1n) is 4.22. The van der Waals surface area contributed by atoms with Gasteiger partial charge in [0.1, 0.15) is 0 Å². The zero-order chi connectivity index (χ0) is 11.9. The fraction of sp³-hybridized carbons (Fsp3) is 0.400. The maximum atomic E-state index is 12.5. The van der Waals surface area contributed by atoms with Gasteiger partial charge in [0.15, 0.2) is 5.60 Å². The number of halogens is 4. The van der Waals surface area contributed by atoms with Crippen LogP contribution in [-0.2, 0) is 5.60 Å². The fourth-order valence-corrected chi connectivity index (χ4v) is 1.23. The third-order valence-electron chi connectivity index (χ3n) is 2.27. The molecule has 1 rings (SSSR count). The van der Waals surface area contributed by atoms with E-state index in [-0.39, 0.29) is 5.56 Å². The molecule has 15 heavy (non-hydrogen) atoms. The molecule has 0 radical (unpaired) electrons. The highest BCUT2D eigenvalue weighted by atomic mass is 35.5. The van der Waals surface area contributed by atoms with Crippen LogP contribution in [0.4, 0.5) is 13.2 Å². The summed E-state index contributed by atoms with van der Waals surface area (Å²) in [7, 11) is 0. The van der Waals surface area contributed by atoms with Crippen molar-refractivity contribution in [3.8, 4) is 0 Å². The van der Waals surface area contributed by atoms with Crippen LogP contribution in [-0.4, -0.2) is 11.3 Å².